The van der Waals surface area contributed by atoms with E-state index in [1.165, 1.54) is 16.4 Å². The largest absolute Gasteiger partial charge is 0.333 e. The number of aromatic nitrogens is 4. The van der Waals surface area contributed by atoms with Crippen molar-refractivity contribution >= 4 is 50.4 Å². The van der Waals surface area contributed by atoms with E-state index in [0.717, 1.165) is 10.6 Å². The first-order valence-electron chi connectivity index (χ1n) is 9.11. The third kappa shape index (κ3) is 5.02. The maximum Gasteiger partial charge on any atom is 0.233 e. The molecular formula is C18H18ClN5O3S3. The van der Waals surface area contributed by atoms with E-state index in [1.807, 2.05) is 17.5 Å². The molecule has 0 radical (unpaired) electrons. The van der Waals surface area contributed by atoms with Gasteiger partial charge in [0, 0.05) is 15.9 Å². The predicted molar refractivity (Wildman–Crippen MR) is 117 cm³/mol. The molecule has 0 spiro atoms. The number of amides is 1. The molecule has 158 valence electrons. The molecule has 3 heterocycles. The van der Waals surface area contributed by atoms with Gasteiger partial charge in [0.25, 0.3) is 0 Å². The number of benzene rings is 1. The average Bonchev–Trinajstić information content (AvgIpc) is 3.46. The molecule has 4 rings (SSSR count). The Hall–Kier alpha value is -1.95. The van der Waals surface area contributed by atoms with Crippen molar-refractivity contribution in [1.82, 2.24) is 25.1 Å². The van der Waals surface area contributed by atoms with Gasteiger partial charge in [-0.2, -0.15) is 4.68 Å². The van der Waals surface area contributed by atoms with Gasteiger partial charge < -0.3 is 4.90 Å². The van der Waals surface area contributed by atoms with Crippen molar-refractivity contribution in [2.24, 2.45) is 0 Å². The summed E-state index contributed by atoms with van der Waals surface area (Å²) in [5.74, 6) is 0.0993. The third-order valence-corrected chi connectivity index (χ3v) is 8.48. The smallest absolute Gasteiger partial charge is 0.233 e. The molecule has 1 saturated heterocycles. The van der Waals surface area contributed by atoms with Gasteiger partial charge in [-0.25, -0.2) is 8.42 Å². The molecule has 1 aliphatic rings. The predicted octanol–water partition coefficient (Wildman–Crippen LogP) is 2.69. The van der Waals surface area contributed by atoms with E-state index in [-0.39, 0.29) is 29.2 Å². The number of halogens is 1. The number of carbonyl (C=O) groups excluding carboxylic acids is 1. The molecule has 1 fully saturated rings. The lowest BCUT2D eigenvalue weighted by Gasteiger charge is -2.27. The molecule has 0 bridgehead atoms. The molecular weight excluding hydrogens is 466 g/mol. The van der Waals surface area contributed by atoms with Crippen LogP contribution < -0.4 is 0 Å². The molecule has 0 saturated carbocycles. The van der Waals surface area contributed by atoms with Gasteiger partial charge >= 0.3 is 0 Å². The topological polar surface area (TPSA) is 98.1 Å². The molecule has 0 N–H and O–H groups in total. The lowest BCUT2D eigenvalue weighted by Crippen LogP contribution is -2.41. The fraction of sp³-hybridized carbons (Fsp3) is 0.333. The summed E-state index contributed by atoms with van der Waals surface area (Å²) in [5, 5.41) is 14.7. The second-order valence-corrected chi connectivity index (χ2v) is 11.4. The quantitative estimate of drug-likeness (QED) is 0.476. The van der Waals surface area contributed by atoms with Crippen LogP contribution in [0.15, 0.2) is 46.9 Å². The fourth-order valence-electron chi connectivity index (χ4n) is 3.23. The second kappa shape index (κ2) is 9.04. The van der Waals surface area contributed by atoms with E-state index in [9.17, 15) is 13.2 Å². The van der Waals surface area contributed by atoms with Gasteiger partial charge in [0.15, 0.2) is 9.84 Å². The van der Waals surface area contributed by atoms with Crippen LogP contribution in [0, 0.1) is 0 Å². The molecule has 1 aliphatic heterocycles. The maximum absolute atomic E-state index is 13.1. The highest BCUT2D eigenvalue weighted by molar-refractivity contribution is 7.99. The summed E-state index contributed by atoms with van der Waals surface area (Å²) < 4.78 is 25.5. The molecule has 0 unspecified atom stereocenters. The van der Waals surface area contributed by atoms with Crippen molar-refractivity contribution in [3.05, 3.63) is 51.7 Å². The number of hydrogen-bond acceptors (Lipinski definition) is 8. The van der Waals surface area contributed by atoms with Gasteiger partial charge in [-0.05, 0) is 52.6 Å². The van der Waals surface area contributed by atoms with Gasteiger partial charge in [-0.3, -0.25) is 4.79 Å². The Morgan fingerprint density at radius 2 is 2.10 bits per heavy atom. The van der Waals surface area contributed by atoms with Crippen LogP contribution in [0.5, 0.6) is 0 Å². The summed E-state index contributed by atoms with van der Waals surface area (Å²) in [4.78, 5) is 15.8. The molecule has 2 aromatic heterocycles. The normalized spacial score (nSPS) is 17.8. The molecule has 1 aromatic carbocycles. The minimum Gasteiger partial charge on any atom is -0.333 e. The van der Waals surface area contributed by atoms with Gasteiger partial charge in [0.1, 0.15) is 0 Å². The minimum absolute atomic E-state index is 0.0112. The molecule has 0 aliphatic carbocycles. The van der Waals surface area contributed by atoms with Crippen LogP contribution >= 0.6 is 34.7 Å². The first kappa shape index (κ1) is 21.3. The highest BCUT2D eigenvalue weighted by Crippen LogP contribution is 2.25. The van der Waals surface area contributed by atoms with Crippen LogP contribution in [0.2, 0.25) is 5.02 Å². The number of rotatable bonds is 7. The number of thioether (sulfide) groups is 1. The van der Waals surface area contributed by atoms with Crippen molar-refractivity contribution in [2.45, 2.75) is 24.2 Å². The highest BCUT2D eigenvalue weighted by Gasteiger charge is 2.35. The summed E-state index contributed by atoms with van der Waals surface area (Å²) in [6, 6.07) is 10.6. The molecule has 1 atom stereocenters. The van der Waals surface area contributed by atoms with Gasteiger partial charge in [0.2, 0.25) is 11.1 Å². The summed E-state index contributed by atoms with van der Waals surface area (Å²) in [5.41, 5.74) is 0.733. The minimum atomic E-state index is -3.10. The van der Waals surface area contributed by atoms with Crippen LogP contribution in [0.1, 0.15) is 11.3 Å². The number of carbonyl (C=O) groups is 1. The van der Waals surface area contributed by atoms with Crippen LogP contribution in [-0.4, -0.2) is 62.7 Å². The van der Waals surface area contributed by atoms with Crippen molar-refractivity contribution in [2.75, 3.05) is 17.3 Å². The molecule has 8 nitrogen and oxygen atoms in total. The zero-order valence-corrected chi connectivity index (χ0v) is 18.9. The Balaban J connectivity index is 1.48. The van der Waals surface area contributed by atoms with E-state index >= 15 is 0 Å². The second-order valence-electron chi connectivity index (χ2n) is 6.80. The standard InChI is InChI=1S/C18H18ClN5O3S3/c19-13-3-5-14(6-4-13)24-18(20-21-22-24)29-11-17(25)23(10-16-2-1-8-28-16)15-7-9-30(26,27)12-15/h1-6,8,15H,7,9-12H2/t15-/m0/s1. The maximum atomic E-state index is 13.1. The first-order chi connectivity index (χ1) is 14.4. The zero-order valence-electron chi connectivity index (χ0n) is 15.7. The Bertz CT molecular complexity index is 1120. The van der Waals surface area contributed by atoms with E-state index in [1.54, 1.807) is 40.5 Å². The van der Waals surface area contributed by atoms with E-state index in [0.29, 0.717) is 23.1 Å². The van der Waals surface area contributed by atoms with Gasteiger partial charge in [0.05, 0.1) is 29.5 Å². The van der Waals surface area contributed by atoms with Crippen molar-refractivity contribution in [3.8, 4) is 5.69 Å². The first-order valence-corrected chi connectivity index (χ1v) is 13.2. The van der Waals surface area contributed by atoms with Crippen molar-refractivity contribution in [3.63, 3.8) is 0 Å². The van der Waals surface area contributed by atoms with Crippen molar-refractivity contribution < 1.29 is 13.2 Å². The Labute approximate surface area is 187 Å². The van der Waals surface area contributed by atoms with Crippen LogP contribution in [-0.2, 0) is 21.2 Å². The Morgan fingerprint density at radius 3 is 2.77 bits per heavy atom. The summed E-state index contributed by atoms with van der Waals surface area (Å²) >= 11 is 8.70. The highest BCUT2D eigenvalue weighted by atomic mass is 35.5. The van der Waals surface area contributed by atoms with Crippen LogP contribution in [0.4, 0.5) is 0 Å². The van der Waals surface area contributed by atoms with E-state index < -0.39 is 9.84 Å². The zero-order chi connectivity index (χ0) is 21.1. The lowest BCUT2D eigenvalue weighted by molar-refractivity contribution is -0.130. The SMILES string of the molecule is O=C(CSc1nnnn1-c1ccc(Cl)cc1)N(Cc1cccs1)[C@H]1CCS(=O)(=O)C1. The number of nitrogens with zero attached hydrogens (tertiary/aromatic N) is 5. The Kier molecular flexibility index (Phi) is 6.42. The lowest BCUT2D eigenvalue weighted by atomic mass is 10.2. The van der Waals surface area contributed by atoms with Crippen molar-refractivity contribution in [1.29, 1.82) is 0 Å². The van der Waals surface area contributed by atoms with Gasteiger partial charge in [-0.1, -0.05) is 29.4 Å². The van der Waals surface area contributed by atoms with E-state index in [4.69, 9.17) is 11.6 Å². The fourth-order valence-corrected chi connectivity index (χ4v) is 6.57. The molecule has 1 amide bonds. The summed E-state index contributed by atoms with van der Waals surface area (Å²) in [7, 11) is -3.10. The number of thiophene rings is 1. The van der Waals surface area contributed by atoms with Crippen LogP contribution in [0.25, 0.3) is 5.69 Å². The summed E-state index contributed by atoms with van der Waals surface area (Å²) in [6.07, 6.45) is 0.465. The number of sulfone groups is 1. The Morgan fingerprint density at radius 1 is 1.30 bits per heavy atom. The van der Waals surface area contributed by atoms with Gasteiger partial charge in [-0.15, -0.1) is 16.4 Å². The third-order valence-electron chi connectivity index (χ3n) is 4.71. The molecule has 3 aromatic rings. The molecule has 30 heavy (non-hydrogen) atoms. The number of tetrazole rings is 1. The molecule has 12 heteroatoms. The average molecular weight is 484 g/mol. The monoisotopic (exact) mass is 483 g/mol. The van der Waals surface area contributed by atoms with Crippen LogP contribution in [0.3, 0.4) is 0 Å². The number of hydrogen-bond donors (Lipinski definition) is 0. The van der Waals surface area contributed by atoms with E-state index in [2.05, 4.69) is 15.5 Å². The summed E-state index contributed by atoms with van der Waals surface area (Å²) in [6.45, 7) is 0.402.